The second kappa shape index (κ2) is 7.72. The molecule has 0 spiro atoms. The van der Waals surface area contributed by atoms with Crippen LogP contribution in [0.2, 0.25) is 0 Å². The Morgan fingerprint density at radius 1 is 0.862 bits per heavy atom. The Morgan fingerprint density at radius 3 is 2.41 bits per heavy atom. The molecule has 1 N–H and O–H groups in total. The van der Waals surface area contributed by atoms with Crippen LogP contribution in [-0.2, 0) is 4.79 Å². The van der Waals surface area contributed by atoms with Gasteiger partial charge in [-0.3, -0.25) is 4.79 Å². The van der Waals surface area contributed by atoms with Crippen molar-refractivity contribution in [3.05, 3.63) is 77.9 Å². The fourth-order valence-electron chi connectivity index (χ4n) is 3.21. The fourth-order valence-corrected chi connectivity index (χ4v) is 3.21. The quantitative estimate of drug-likeness (QED) is 0.493. The van der Waals surface area contributed by atoms with Crippen molar-refractivity contribution in [2.45, 2.75) is 20.8 Å². The molecule has 144 valence electrons. The van der Waals surface area contributed by atoms with Gasteiger partial charge in [-0.1, -0.05) is 36.4 Å². The summed E-state index contributed by atoms with van der Waals surface area (Å²) in [6.45, 7) is 5.65. The van der Waals surface area contributed by atoms with E-state index < -0.39 is 0 Å². The zero-order chi connectivity index (χ0) is 20.4. The van der Waals surface area contributed by atoms with Gasteiger partial charge in [-0.15, -0.1) is 10.2 Å². The van der Waals surface area contributed by atoms with Gasteiger partial charge in [0.25, 0.3) is 0 Å². The first-order valence-electron chi connectivity index (χ1n) is 9.40. The third kappa shape index (κ3) is 3.94. The predicted molar refractivity (Wildman–Crippen MR) is 115 cm³/mol. The van der Waals surface area contributed by atoms with Crippen molar-refractivity contribution in [2.24, 2.45) is 0 Å². The number of benzene rings is 3. The van der Waals surface area contributed by atoms with Gasteiger partial charge in [0, 0.05) is 35.0 Å². The van der Waals surface area contributed by atoms with Crippen LogP contribution < -0.4 is 10.1 Å². The van der Waals surface area contributed by atoms with Crippen LogP contribution in [0.3, 0.4) is 0 Å². The highest BCUT2D eigenvalue weighted by Crippen LogP contribution is 2.34. The van der Waals surface area contributed by atoms with Crippen molar-refractivity contribution < 1.29 is 9.53 Å². The van der Waals surface area contributed by atoms with Crippen LogP contribution in [0.15, 0.2) is 66.7 Å². The Morgan fingerprint density at radius 2 is 1.66 bits per heavy atom. The van der Waals surface area contributed by atoms with Crippen LogP contribution in [0.1, 0.15) is 18.1 Å². The summed E-state index contributed by atoms with van der Waals surface area (Å²) in [7, 11) is 0. The molecule has 29 heavy (non-hydrogen) atoms. The van der Waals surface area contributed by atoms with Crippen molar-refractivity contribution >= 4 is 22.4 Å². The SMILES string of the molecule is CC(=O)Nc1cccc(Oc2nnc(-c3ccc(C)c(C)c3)c3ccccc23)c1. The van der Waals surface area contributed by atoms with Gasteiger partial charge < -0.3 is 10.1 Å². The number of ether oxygens (including phenoxy) is 1. The number of nitrogens with one attached hydrogen (secondary N) is 1. The lowest BCUT2D eigenvalue weighted by Gasteiger charge is -2.12. The van der Waals surface area contributed by atoms with E-state index in [9.17, 15) is 4.79 Å². The molecule has 1 aromatic heterocycles. The molecular weight excluding hydrogens is 362 g/mol. The zero-order valence-corrected chi connectivity index (χ0v) is 16.6. The molecule has 0 aliphatic rings. The molecule has 0 radical (unpaired) electrons. The maximum Gasteiger partial charge on any atom is 0.246 e. The Bertz CT molecular complexity index is 1220. The van der Waals surface area contributed by atoms with Gasteiger partial charge in [0.2, 0.25) is 11.8 Å². The molecule has 5 heteroatoms. The van der Waals surface area contributed by atoms with Gasteiger partial charge in [-0.2, -0.15) is 0 Å². The Kier molecular flexibility index (Phi) is 4.96. The smallest absolute Gasteiger partial charge is 0.246 e. The number of amides is 1. The fraction of sp³-hybridized carbons (Fsp3) is 0.125. The molecule has 0 bridgehead atoms. The molecule has 4 aromatic rings. The zero-order valence-electron chi connectivity index (χ0n) is 16.6. The largest absolute Gasteiger partial charge is 0.437 e. The monoisotopic (exact) mass is 383 g/mol. The highest BCUT2D eigenvalue weighted by atomic mass is 16.5. The summed E-state index contributed by atoms with van der Waals surface area (Å²) in [6.07, 6.45) is 0. The van der Waals surface area contributed by atoms with E-state index in [-0.39, 0.29) is 5.91 Å². The number of carbonyl (C=O) groups is 1. The van der Waals surface area contributed by atoms with Crippen LogP contribution in [0.25, 0.3) is 22.0 Å². The summed E-state index contributed by atoms with van der Waals surface area (Å²) < 4.78 is 6.02. The first-order chi connectivity index (χ1) is 14.0. The van der Waals surface area contributed by atoms with Crippen LogP contribution in [0, 0.1) is 13.8 Å². The van der Waals surface area contributed by atoms with E-state index in [1.165, 1.54) is 18.1 Å². The van der Waals surface area contributed by atoms with Crippen LogP contribution >= 0.6 is 0 Å². The van der Waals surface area contributed by atoms with E-state index >= 15 is 0 Å². The van der Waals surface area contributed by atoms with Crippen LogP contribution in [0.4, 0.5) is 5.69 Å². The number of aryl methyl sites for hydroxylation is 2. The number of nitrogens with zero attached hydrogens (tertiary/aromatic N) is 2. The number of hydrogen-bond acceptors (Lipinski definition) is 4. The molecule has 0 aliphatic heterocycles. The second-order valence-corrected chi connectivity index (χ2v) is 7.01. The summed E-state index contributed by atoms with van der Waals surface area (Å²) in [5.74, 6) is 0.868. The maximum absolute atomic E-state index is 11.3. The van der Waals surface area contributed by atoms with E-state index in [1.54, 1.807) is 12.1 Å². The average molecular weight is 383 g/mol. The van der Waals surface area contributed by atoms with E-state index in [0.717, 1.165) is 22.0 Å². The minimum Gasteiger partial charge on any atom is -0.437 e. The summed E-state index contributed by atoms with van der Waals surface area (Å²) in [5, 5.41) is 13.4. The number of hydrogen-bond donors (Lipinski definition) is 1. The number of rotatable bonds is 4. The third-order valence-electron chi connectivity index (χ3n) is 4.80. The number of fused-ring (bicyclic) bond motifs is 1. The van der Waals surface area contributed by atoms with Crippen molar-refractivity contribution in [1.82, 2.24) is 10.2 Å². The lowest BCUT2D eigenvalue weighted by atomic mass is 10.0. The summed E-state index contributed by atoms with van der Waals surface area (Å²) in [6, 6.07) is 21.4. The molecule has 0 atom stereocenters. The Hall–Kier alpha value is -3.73. The molecule has 0 saturated carbocycles. The summed E-state index contributed by atoms with van der Waals surface area (Å²) >= 11 is 0. The summed E-state index contributed by atoms with van der Waals surface area (Å²) in [5.41, 5.74) is 4.96. The standard InChI is InChI=1S/C24H21N3O2/c1-15-11-12-18(13-16(15)2)23-21-9-4-5-10-22(21)24(27-26-23)29-20-8-6-7-19(14-20)25-17(3)28/h4-14H,1-3H3,(H,25,28). The summed E-state index contributed by atoms with van der Waals surface area (Å²) in [4.78, 5) is 11.3. The molecule has 0 fully saturated rings. The molecule has 0 unspecified atom stereocenters. The van der Waals surface area contributed by atoms with E-state index in [1.807, 2.05) is 36.4 Å². The molecular formula is C24H21N3O2. The topological polar surface area (TPSA) is 64.1 Å². The Labute approximate surface area is 169 Å². The van der Waals surface area contributed by atoms with E-state index in [4.69, 9.17) is 4.74 Å². The average Bonchev–Trinajstić information content (AvgIpc) is 2.70. The highest BCUT2D eigenvalue weighted by molar-refractivity contribution is 5.97. The maximum atomic E-state index is 11.3. The van der Waals surface area contributed by atoms with Crippen LogP contribution in [0.5, 0.6) is 11.6 Å². The number of anilines is 1. The van der Waals surface area contributed by atoms with E-state index in [0.29, 0.717) is 17.3 Å². The van der Waals surface area contributed by atoms with Gasteiger partial charge in [-0.25, -0.2) is 0 Å². The van der Waals surface area contributed by atoms with Gasteiger partial charge in [0.1, 0.15) is 11.4 Å². The molecule has 1 amide bonds. The van der Waals surface area contributed by atoms with Crippen molar-refractivity contribution in [3.63, 3.8) is 0 Å². The number of aromatic nitrogens is 2. The molecule has 5 nitrogen and oxygen atoms in total. The normalized spacial score (nSPS) is 10.7. The van der Waals surface area contributed by atoms with Gasteiger partial charge in [0.05, 0.1) is 0 Å². The lowest BCUT2D eigenvalue weighted by Crippen LogP contribution is -2.05. The van der Waals surface area contributed by atoms with Crippen molar-refractivity contribution in [2.75, 3.05) is 5.32 Å². The minimum atomic E-state index is -0.134. The molecule has 0 aliphatic carbocycles. The van der Waals surface area contributed by atoms with Gasteiger partial charge in [0.15, 0.2) is 0 Å². The first kappa shape index (κ1) is 18.6. The third-order valence-corrected chi connectivity index (χ3v) is 4.80. The van der Waals surface area contributed by atoms with Gasteiger partial charge >= 0.3 is 0 Å². The number of carbonyl (C=O) groups excluding carboxylic acids is 1. The second-order valence-electron chi connectivity index (χ2n) is 7.01. The first-order valence-corrected chi connectivity index (χ1v) is 9.40. The molecule has 3 aromatic carbocycles. The lowest BCUT2D eigenvalue weighted by molar-refractivity contribution is -0.114. The minimum absolute atomic E-state index is 0.134. The van der Waals surface area contributed by atoms with E-state index in [2.05, 4.69) is 47.6 Å². The van der Waals surface area contributed by atoms with Crippen molar-refractivity contribution in [3.8, 4) is 22.9 Å². The van der Waals surface area contributed by atoms with Crippen LogP contribution in [-0.4, -0.2) is 16.1 Å². The van der Waals surface area contributed by atoms with Crippen molar-refractivity contribution in [1.29, 1.82) is 0 Å². The van der Waals surface area contributed by atoms with Gasteiger partial charge in [-0.05, 0) is 49.2 Å². The predicted octanol–water partition coefficient (Wildman–Crippen LogP) is 5.66. The molecule has 0 saturated heterocycles. The molecule has 1 heterocycles. The highest BCUT2D eigenvalue weighted by Gasteiger charge is 2.13. The Balaban J connectivity index is 1.76. The molecule has 4 rings (SSSR count).